The van der Waals surface area contributed by atoms with Crippen LogP contribution in [-0.2, 0) is 4.74 Å². The molecule has 4 heteroatoms. The number of esters is 1. The first-order valence-corrected chi connectivity index (χ1v) is 4.81. The van der Waals surface area contributed by atoms with Gasteiger partial charge in [-0.15, -0.1) is 0 Å². The van der Waals surface area contributed by atoms with Crippen molar-refractivity contribution in [1.29, 1.82) is 0 Å². The number of rotatable bonds is 3. The zero-order valence-electron chi connectivity index (χ0n) is 8.47. The fourth-order valence-electron chi connectivity index (χ4n) is 1.31. The fourth-order valence-corrected chi connectivity index (χ4v) is 1.31. The SMILES string of the molecule is COC(=O)c1cccc(OC2CC2N)c1. The summed E-state index contributed by atoms with van der Waals surface area (Å²) in [4.78, 5) is 11.2. The number of ether oxygens (including phenoxy) is 2. The first-order valence-electron chi connectivity index (χ1n) is 4.81. The van der Waals surface area contributed by atoms with Crippen LogP contribution in [-0.4, -0.2) is 25.2 Å². The Morgan fingerprint density at radius 3 is 2.87 bits per heavy atom. The van der Waals surface area contributed by atoms with Gasteiger partial charge < -0.3 is 15.2 Å². The van der Waals surface area contributed by atoms with Gasteiger partial charge in [-0.1, -0.05) is 6.07 Å². The van der Waals surface area contributed by atoms with Gasteiger partial charge in [0.1, 0.15) is 11.9 Å². The quantitative estimate of drug-likeness (QED) is 0.750. The van der Waals surface area contributed by atoms with Gasteiger partial charge in [-0.25, -0.2) is 4.79 Å². The normalized spacial score (nSPS) is 23.3. The fraction of sp³-hybridized carbons (Fsp3) is 0.364. The molecule has 0 amide bonds. The highest BCUT2D eigenvalue weighted by Crippen LogP contribution is 2.26. The summed E-state index contributed by atoms with van der Waals surface area (Å²) >= 11 is 0. The van der Waals surface area contributed by atoms with E-state index in [0.717, 1.165) is 6.42 Å². The van der Waals surface area contributed by atoms with Gasteiger partial charge in [0.15, 0.2) is 0 Å². The molecule has 1 aromatic carbocycles. The second kappa shape index (κ2) is 3.90. The Labute approximate surface area is 88.0 Å². The first kappa shape index (κ1) is 9.98. The molecule has 4 nitrogen and oxygen atoms in total. The van der Waals surface area contributed by atoms with Crippen molar-refractivity contribution in [3.8, 4) is 5.75 Å². The maximum atomic E-state index is 11.2. The minimum absolute atomic E-state index is 0.0953. The van der Waals surface area contributed by atoms with Crippen molar-refractivity contribution >= 4 is 5.97 Å². The predicted octanol–water partition coefficient (Wildman–Crippen LogP) is 0.952. The van der Waals surface area contributed by atoms with Crippen LogP contribution in [0.1, 0.15) is 16.8 Å². The van der Waals surface area contributed by atoms with E-state index in [0.29, 0.717) is 11.3 Å². The van der Waals surface area contributed by atoms with E-state index in [1.165, 1.54) is 7.11 Å². The molecule has 2 unspecified atom stereocenters. The highest BCUT2D eigenvalue weighted by molar-refractivity contribution is 5.89. The number of nitrogens with two attached hydrogens (primary N) is 1. The number of hydrogen-bond acceptors (Lipinski definition) is 4. The van der Waals surface area contributed by atoms with Crippen LogP contribution in [0, 0.1) is 0 Å². The lowest BCUT2D eigenvalue weighted by atomic mass is 10.2. The van der Waals surface area contributed by atoms with Crippen molar-refractivity contribution in [1.82, 2.24) is 0 Å². The van der Waals surface area contributed by atoms with E-state index in [9.17, 15) is 4.79 Å². The average molecular weight is 207 g/mol. The van der Waals surface area contributed by atoms with Crippen molar-refractivity contribution in [2.45, 2.75) is 18.6 Å². The van der Waals surface area contributed by atoms with Gasteiger partial charge in [0.05, 0.1) is 12.7 Å². The number of carbonyl (C=O) groups is 1. The summed E-state index contributed by atoms with van der Waals surface area (Å²) in [5, 5.41) is 0. The van der Waals surface area contributed by atoms with Gasteiger partial charge >= 0.3 is 5.97 Å². The molecular formula is C11H13NO3. The monoisotopic (exact) mass is 207 g/mol. The third-order valence-corrected chi connectivity index (χ3v) is 2.32. The lowest BCUT2D eigenvalue weighted by Gasteiger charge is -2.05. The van der Waals surface area contributed by atoms with Crippen molar-refractivity contribution < 1.29 is 14.3 Å². The van der Waals surface area contributed by atoms with E-state index < -0.39 is 0 Å². The number of carbonyl (C=O) groups excluding carboxylic acids is 1. The van der Waals surface area contributed by atoms with Crippen LogP contribution in [0.2, 0.25) is 0 Å². The minimum Gasteiger partial charge on any atom is -0.489 e. The topological polar surface area (TPSA) is 61.5 Å². The van der Waals surface area contributed by atoms with E-state index in [1.807, 2.05) is 0 Å². The van der Waals surface area contributed by atoms with Crippen LogP contribution < -0.4 is 10.5 Å². The van der Waals surface area contributed by atoms with Crippen molar-refractivity contribution in [3.63, 3.8) is 0 Å². The molecule has 15 heavy (non-hydrogen) atoms. The molecule has 0 aromatic heterocycles. The third-order valence-electron chi connectivity index (χ3n) is 2.32. The van der Waals surface area contributed by atoms with Crippen molar-refractivity contribution in [2.24, 2.45) is 5.73 Å². The van der Waals surface area contributed by atoms with Crippen molar-refractivity contribution in [2.75, 3.05) is 7.11 Å². The standard InChI is InChI=1S/C11H13NO3/c1-14-11(13)7-3-2-4-8(5-7)15-10-6-9(10)12/h2-5,9-10H,6,12H2,1H3. The van der Waals surface area contributed by atoms with Crippen LogP contribution in [0.3, 0.4) is 0 Å². The highest BCUT2D eigenvalue weighted by Gasteiger charge is 2.35. The van der Waals surface area contributed by atoms with Gasteiger partial charge in [-0.2, -0.15) is 0 Å². The maximum Gasteiger partial charge on any atom is 0.337 e. The Balaban J connectivity index is 2.08. The van der Waals surface area contributed by atoms with E-state index in [4.69, 9.17) is 10.5 Å². The minimum atomic E-state index is -0.361. The van der Waals surface area contributed by atoms with Gasteiger partial charge in [0.2, 0.25) is 0 Å². The average Bonchev–Trinajstić information content (AvgIpc) is 2.93. The summed E-state index contributed by atoms with van der Waals surface area (Å²) in [7, 11) is 1.35. The van der Waals surface area contributed by atoms with Crippen LogP contribution in [0.4, 0.5) is 0 Å². The van der Waals surface area contributed by atoms with Crippen LogP contribution in [0.5, 0.6) is 5.75 Å². The molecule has 2 rings (SSSR count). The summed E-state index contributed by atoms with van der Waals surface area (Å²) in [6.45, 7) is 0. The van der Waals surface area contributed by atoms with Crippen LogP contribution >= 0.6 is 0 Å². The molecule has 1 aliphatic rings. The molecule has 0 radical (unpaired) electrons. The van der Waals surface area contributed by atoms with Gasteiger partial charge in [0.25, 0.3) is 0 Å². The maximum absolute atomic E-state index is 11.2. The van der Waals surface area contributed by atoms with E-state index in [2.05, 4.69) is 4.74 Å². The highest BCUT2D eigenvalue weighted by atomic mass is 16.5. The molecule has 1 aliphatic carbocycles. The van der Waals surface area contributed by atoms with E-state index in [-0.39, 0.29) is 18.1 Å². The molecule has 0 bridgehead atoms. The van der Waals surface area contributed by atoms with Crippen molar-refractivity contribution in [3.05, 3.63) is 29.8 Å². The zero-order chi connectivity index (χ0) is 10.8. The molecule has 1 aromatic rings. The van der Waals surface area contributed by atoms with Crippen LogP contribution in [0.15, 0.2) is 24.3 Å². The summed E-state index contributed by atoms with van der Waals surface area (Å²) in [6.07, 6.45) is 0.973. The number of hydrogen-bond donors (Lipinski definition) is 1. The second-order valence-electron chi connectivity index (χ2n) is 3.58. The summed E-state index contributed by atoms with van der Waals surface area (Å²) in [5.74, 6) is 0.302. The molecular weight excluding hydrogens is 194 g/mol. The smallest absolute Gasteiger partial charge is 0.337 e. The Hall–Kier alpha value is -1.55. The Morgan fingerprint density at radius 2 is 2.27 bits per heavy atom. The largest absolute Gasteiger partial charge is 0.489 e. The Kier molecular flexibility index (Phi) is 2.60. The summed E-state index contributed by atoms with van der Waals surface area (Å²) in [5.41, 5.74) is 6.11. The molecule has 2 N–H and O–H groups in total. The number of benzene rings is 1. The molecule has 1 saturated carbocycles. The van der Waals surface area contributed by atoms with Gasteiger partial charge in [-0.05, 0) is 18.2 Å². The van der Waals surface area contributed by atoms with Crippen LogP contribution in [0.25, 0.3) is 0 Å². The van der Waals surface area contributed by atoms with E-state index >= 15 is 0 Å². The molecule has 0 spiro atoms. The molecule has 2 atom stereocenters. The van der Waals surface area contributed by atoms with Gasteiger partial charge in [-0.3, -0.25) is 0 Å². The lowest BCUT2D eigenvalue weighted by Crippen LogP contribution is -2.11. The van der Waals surface area contributed by atoms with Gasteiger partial charge in [0, 0.05) is 12.5 Å². The molecule has 0 heterocycles. The second-order valence-corrected chi connectivity index (χ2v) is 3.58. The number of methoxy groups -OCH3 is 1. The Morgan fingerprint density at radius 1 is 1.53 bits per heavy atom. The summed E-state index contributed by atoms with van der Waals surface area (Å²) in [6, 6.07) is 7.04. The molecule has 1 fully saturated rings. The molecule has 0 saturated heterocycles. The first-order chi connectivity index (χ1) is 7.20. The molecule has 0 aliphatic heterocycles. The summed E-state index contributed by atoms with van der Waals surface area (Å²) < 4.78 is 10.2. The molecule has 80 valence electrons. The van der Waals surface area contributed by atoms with E-state index in [1.54, 1.807) is 24.3 Å². The zero-order valence-corrected chi connectivity index (χ0v) is 8.47. The lowest BCUT2D eigenvalue weighted by molar-refractivity contribution is 0.0600. The predicted molar refractivity (Wildman–Crippen MR) is 54.8 cm³/mol. The third kappa shape index (κ3) is 2.27. The Bertz CT molecular complexity index is 378.